The van der Waals surface area contributed by atoms with Crippen molar-refractivity contribution in [3.8, 4) is 0 Å². The second-order valence-electron chi connectivity index (χ2n) is 6.84. The van der Waals surface area contributed by atoms with Crippen LogP contribution in [0.4, 0.5) is 0 Å². The van der Waals surface area contributed by atoms with E-state index in [2.05, 4.69) is 43.7 Å². The molecule has 0 bridgehead atoms. The third kappa shape index (κ3) is 2.19. The van der Waals surface area contributed by atoms with E-state index in [9.17, 15) is 0 Å². The Morgan fingerprint density at radius 3 is 2.70 bits per heavy atom. The molecule has 0 radical (unpaired) electrons. The van der Waals surface area contributed by atoms with Crippen LogP contribution >= 0.6 is 0 Å². The van der Waals surface area contributed by atoms with Crippen molar-refractivity contribution in [3.63, 3.8) is 0 Å². The van der Waals surface area contributed by atoms with Gasteiger partial charge in [-0.1, -0.05) is 27.7 Å². The van der Waals surface area contributed by atoms with Crippen LogP contribution in [-0.4, -0.2) is 22.2 Å². The minimum absolute atomic E-state index is 0.225. The van der Waals surface area contributed by atoms with E-state index in [1.54, 1.807) is 6.33 Å². The van der Waals surface area contributed by atoms with Gasteiger partial charge < -0.3 is 0 Å². The number of allylic oxidation sites excluding steroid dienone is 1. The summed E-state index contributed by atoms with van der Waals surface area (Å²) in [5, 5.41) is 0. The van der Waals surface area contributed by atoms with Crippen molar-refractivity contribution in [1.82, 2.24) is 9.97 Å². The first-order chi connectivity index (χ1) is 9.49. The Bertz CT molecular complexity index is 594. The van der Waals surface area contributed by atoms with Crippen LogP contribution < -0.4 is 0 Å². The molecule has 1 saturated carbocycles. The minimum Gasteiger partial charge on any atom is -0.284 e. The number of hydrogen-bond donors (Lipinski definition) is 0. The Morgan fingerprint density at radius 2 is 1.95 bits per heavy atom. The van der Waals surface area contributed by atoms with E-state index >= 15 is 0 Å². The van der Waals surface area contributed by atoms with Crippen LogP contribution in [0.3, 0.4) is 0 Å². The number of nitrogens with zero attached hydrogens (tertiary/aromatic N) is 3. The molecule has 106 valence electrons. The molecular formula is C17H23N3. The zero-order valence-corrected chi connectivity index (χ0v) is 12.9. The molecule has 3 nitrogen and oxygen atoms in total. The summed E-state index contributed by atoms with van der Waals surface area (Å²) < 4.78 is 0. The molecule has 0 spiro atoms. The standard InChI is InChI=1S/C17H23N3/c1-11(2)14-8-15(20-10-19-14)13-9-18-16-12(13)6-5-7-17(16,3)4/h8,10-11H,5-7,9H2,1-4H3. The van der Waals surface area contributed by atoms with Gasteiger partial charge in [-0.3, -0.25) is 4.99 Å². The molecule has 20 heavy (non-hydrogen) atoms. The summed E-state index contributed by atoms with van der Waals surface area (Å²) in [6.07, 6.45) is 5.35. The average molecular weight is 269 g/mol. The molecule has 1 aliphatic carbocycles. The first-order valence-electron chi connectivity index (χ1n) is 7.58. The van der Waals surface area contributed by atoms with Gasteiger partial charge in [-0.05, 0) is 36.8 Å². The molecule has 1 aromatic rings. The van der Waals surface area contributed by atoms with E-state index in [0.29, 0.717) is 5.92 Å². The van der Waals surface area contributed by atoms with Crippen LogP contribution in [0.15, 0.2) is 23.0 Å². The predicted octanol–water partition coefficient (Wildman–Crippen LogP) is 4.02. The molecular weight excluding hydrogens is 246 g/mol. The van der Waals surface area contributed by atoms with Crippen LogP contribution in [0, 0.1) is 5.41 Å². The topological polar surface area (TPSA) is 38.1 Å². The minimum atomic E-state index is 0.225. The second kappa shape index (κ2) is 4.80. The maximum atomic E-state index is 4.82. The lowest BCUT2D eigenvalue weighted by atomic mass is 9.72. The number of aliphatic imine (C=N–C) groups is 1. The first-order valence-corrected chi connectivity index (χ1v) is 7.58. The Kier molecular flexibility index (Phi) is 3.23. The SMILES string of the molecule is CC(C)c1cc(C2=C3CCCC(C)(C)C3=NC2)ncn1. The lowest BCUT2D eigenvalue weighted by Gasteiger charge is -2.32. The largest absolute Gasteiger partial charge is 0.284 e. The van der Waals surface area contributed by atoms with Gasteiger partial charge in [0, 0.05) is 22.4 Å². The zero-order valence-electron chi connectivity index (χ0n) is 12.9. The van der Waals surface area contributed by atoms with Gasteiger partial charge in [-0.25, -0.2) is 9.97 Å². The molecule has 3 heteroatoms. The molecule has 0 saturated heterocycles. The van der Waals surface area contributed by atoms with Crippen LogP contribution in [0.1, 0.15) is 64.3 Å². The van der Waals surface area contributed by atoms with Gasteiger partial charge in [-0.2, -0.15) is 0 Å². The lowest BCUT2D eigenvalue weighted by molar-refractivity contribution is 0.438. The van der Waals surface area contributed by atoms with E-state index < -0.39 is 0 Å². The highest BCUT2D eigenvalue weighted by Crippen LogP contribution is 2.42. The monoisotopic (exact) mass is 269 g/mol. The van der Waals surface area contributed by atoms with Crippen molar-refractivity contribution in [2.24, 2.45) is 10.4 Å². The van der Waals surface area contributed by atoms with Gasteiger partial charge in [0.1, 0.15) is 6.33 Å². The van der Waals surface area contributed by atoms with Gasteiger partial charge in [0.15, 0.2) is 0 Å². The molecule has 2 aliphatic rings. The van der Waals surface area contributed by atoms with Gasteiger partial charge in [0.2, 0.25) is 0 Å². The molecule has 0 amide bonds. The summed E-state index contributed by atoms with van der Waals surface area (Å²) in [6, 6.07) is 2.15. The van der Waals surface area contributed by atoms with Crippen molar-refractivity contribution in [1.29, 1.82) is 0 Å². The maximum Gasteiger partial charge on any atom is 0.116 e. The van der Waals surface area contributed by atoms with Crippen molar-refractivity contribution < 1.29 is 0 Å². The first kappa shape index (κ1) is 13.5. The molecule has 0 atom stereocenters. The molecule has 0 unspecified atom stereocenters. The highest BCUT2D eigenvalue weighted by Gasteiger charge is 2.36. The van der Waals surface area contributed by atoms with E-state index in [1.165, 1.54) is 29.7 Å². The number of aromatic nitrogens is 2. The molecule has 1 fully saturated rings. The summed E-state index contributed by atoms with van der Waals surface area (Å²) in [7, 11) is 0. The fourth-order valence-electron chi connectivity index (χ4n) is 3.30. The smallest absolute Gasteiger partial charge is 0.116 e. The normalized spacial score (nSPS) is 21.1. The quantitative estimate of drug-likeness (QED) is 0.813. The van der Waals surface area contributed by atoms with Crippen molar-refractivity contribution in [2.75, 3.05) is 6.54 Å². The van der Waals surface area contributed by atoms with E-state index in [4.69, 9.17) is 4.99 Å². The van der Waals surface area contributed by atoms with Gasteiger partial charge in [0.25, 0.3) is 0 Å². The third-order valence-electron chi connectivity index (χ3n) is 4.50. The molecule has 0 aromatic carbocycles. The number of hydrogen-bond acceptors (Lipinski definition) is 3. The van der Waals surface area contributed by atoms with E-state index in [1.807, 2.05) is 0 Å². The third-order valence-corrected chi connectivity index (χ3v) is 4.50. The fraction of sp³-hybridized carbons (Fsp3) is 0.588. The molecule has 0 N–H and O–H groups in total. The van der Waals surface area contributed by atoms with Crippen molar-refractivity contribution in [3.05, 3.63) is 29.4 Å². The number of rotatable bonds is 2. The Labute approximate surface area is 121 Å². The molecule has 1 aliphatic heterocycles. The van der Waals surface area contributed by atoms with Gasteiger partial charge in [0.05, 0.1) is 12.2 Å². The highest BCUT2D eigenvalue weighted by molar-refractivity contribution is 6.12. The van der Waals surface area contributed by atoms with Gasteiger partial charge >= 0.3 is 0 Å². The Hall–Kier alpha value is -1.51. The van der Waals surface area contributed by atoms with Crippen molar-refractivity contribution in [2.45, 2.75) is 52.9 Å². The van der Waals surface area contributed by atoms with Crippen molar-refractivity contribution >= 4 is 11.3 Å². The Balaban J connectivity index is 2.02. The van der Waals surface area contributed by atoms with Crippen LogP contribution in [0.5, 0.6) is 0 Å². The summed E-state index contributed by atoms with van der Waals surface area (Å²) in [5.74, 6) is 0.437. The molecule has 1 aromatic heterocycles. The fourth-order valence-corrected chi connectivity index (χ4v) is 3.30. The summed E-state index contributed by atoms with van der Waals surface area (Å²) in [4.78, 5) is 13.7. The van der Waals surface area contributed by atoms with Crippen LogP contribution in [-0.2, 0) is 0 Å². The summed E-state index contributed by atoms with van der Waals surface area (Å²) >= 11 is 0. The molecule has 3 rings (SSSR count). The zero-order chi connectivity index (χ0) is 14.3. The van der Waals surface area contributed by atoms with Crippen LogP contribution in [0.25, 0.3) is 5.57 Å². The van der Waals surface area contributed by atoms with E-state index in [-0.39, 0.29) is 5.41 Å². The van der Waals surface area contributed by atoms with Crippen LogP contribution in [0.2, 0.25) is 0 Å². The van der Waals surface area contributed by atoms with E-state index in [0.717, 1.165) is 24.4 Å². The molecule has 2 heterocycles. The average Bonchev–Trinajstić information content (AvgIpc) is 2.84. The number of fused-ring (bicyclic) bond motifs is 1. The predicted molar refractivity (Wildman–Crippen MR) is 83.0 cm³/mol. The Morgan fingerprint density at radius 1 is 1.15 bits per heavy atom. The summed E-state index contributed by atoms with van der Waals surface area (Å²) in [6.45, 7) is 9.76. The maximum absolute atomic E-state index is 4.82. The second-order valence-corrected chi connectivity index (χ2v) is 6.84. The highest BCUT2D eigenvalue weighted by atomic mass is 14.9. The van der Waals surface area contributed by atoms with Gasteiger partial charge in [-0.15, -0.1) is 0 Å². The summed E-state index contributed by atoms with van der Waals surface area (Å²) in [5.41, 5.74) is 6.53. The lowest BCUT2D eigenvalue weighted by Crippen LogP contribution is -2.28.